The Morgan fingerprint density at radius 1 is 1.48 bits per heavy atom. The van der Waals surface area contributed by atoms with Crippen LogP contribution in [-0.4, -0.2) is 21.1 Å². The molecule has 0 aliphatic carbocycles. The summed E-state index contributed by atoms with van der Waals surface area (Å²) in [7, 11) is 0. The molecule has 0 radical (unpaired) electrons. The summed E-state index contributed by atoms with van der Waals surface area (Å²) in [6.45, 7) is 1.98. The molecule has 0 fully saturated rings. The SMILES string of the molecule is CC[C@H](NC(=O)c1cn[nH]c1-c1cccc(F)c1)c1nccs1. The van der Waals surface area contributed by atoms with E-state index in [0.29, 0.717) is 16.8 Å². The third-order valence-corrected chi connectivity index (χ3v) is 4.35. The first-order valence-corrected chi connectivity index (χ1v) is 8.06. The van der Waals surface area contributed by atoms with E-state index in [1.165, 1.54) is 29.7 Å². The Kier molecular flexibility index (Phi) is 4.47. The van der Waals surface area contributed by atoms with Crippen LogP contribution >= 0.6 is 11.3 Å². The van der Waals surface area contributed by atoms with Crippen molar-refractivity contribution in [3.05, 3.63) is 58.4 Å². The van der Waals surface area contributed by atoms with E-state index < -0.39 is 0 Å². The highest BCUT2D eigenvalue weighted by molar-refractivity contribution is 7.09. The zero-order chi connectivity index (χ0) is 16.2. The fourth-order valence-electron chi connectivity index (χ4n) is 2.30. The lowest BCUT2D eigenvalue weighted by Crippen LogP contribution is -2.28. The lowest BCUT2D eigenvalue weighted by molar-refractivity contribution is 0.0936. The van der Waals surface area contributed by atoms with Crippen molar-refractivity contribution >= 4 is 17.2 Å². The lowest BCUT2D eigenvalue weighted by Gasteiger charge is -2.14. The smallest absolute Gasteiger partial charge is 0.255 e. The summed E-state index contributed by atoms with van der Waals surface area (Å²) in [5.41, 5.74) is 1.46. The van der Waals surface area contributed by atoms with Crippen LogP contribution in [0, 0.1) is 5.82 Å². The van der Waals surface area contributed by atoms with Crippen molar-refractivity contribution in [2.24, 2.45) is 0 Å². The molecule has 0 saturated heterocycles. The molecule has 0 unspecified atom stereocenters. The van der Waals surface area contributed by atoms with Crippen LogP contribution in [-0.2, 0) is 0 Å². The molecular formula is C16H15FN4OS. The van der Waals surface area contributed by atoms with Crippen molar-refractivity contribution < 1.29 is 9.18 Å². The second-order valence-electron chi connectivity index (χ2n) is 4.97. The van der Waals surface area contributed by atoms with Crippen LogP contribution in [0.2, 0.25) is 0 Å². The first-order chi connectivity index (χ1) is 11.2. The molecule has 3 rings (SSSR count). The molecule has 3 aromatic rings. The van der Waals surface area contributed by atoms with E-state index in [4.69, 9.17) is 0 Å². The predicted molar refractivity (Wildman–Crippen MR) is 86.6 cm³/mol. The number of hydrogen-bond donors (Lipinski definition) is 2. The molecular weight excluding hydrogens is 315 g/mol. The van der Waals surface area contributed by atoms with Crippen LogP contribution in [0.1, 0.15) is 34.8 Å². The van der Waals surface area contributed by atoms with Gasteiger partial charge in [-0.05, 0) is 18.6 Å². The molecule has 0 aliphatic heterocycles. The maximum Gasteiger partial charge on any atom is 0.255 e. The summed E-state index contributed by atoms with van der Waals surface area (Å²) in [6.07, 6.45) is 3.89. The Labute approximate surface area is 136 Å². The Hall–Kier alpha value is -2.54. The predicted octanol–water partition coefficient (Wildman–Crippen LogP) is 3.55. The van der Waals surface area contributed by atoms with Gasteiger partial charge in [-0.3, -0.25) is 9.89 Å². The van der Waals surface area contributed by atoms with Crippen LogP contribution in [0.3, 0.4) is 0 Å². The van der Waals surface area contributed by atoms with E-state index in [0.717, 1.165) is 11.4 Å². The van der Waals surface area contributed by atoms with Crippen molar-refractivity contribution in [2.45, 2.75) is 19.4 Å². The molecule has 2 aromatic heterocycles. The van der Waals surface area contributed by atoms with Gasteiger partial charge in [-0.1, -0.05) is 19.1 Å². The Balaban J connectivity index is 1.85. The second kappa shape index (κ2) is 6.70. The highest BCUT2D eigenvalue weighted by Gasteiger charge is 2.20. The summed E-state index contributed by atoms with van der Waals surface area (Å²) < 4.78 is 13.4. The van der Waals surface area contributed by atoms with Gasteiger partial charge in [0.2, 0.25) is 0 Å². The normalized spacial score (nSPS) is 12.1. The number of amides is 1. The first-order valence-electron chi connectivity index (χ1n) is 7.18. The van der Waals surface area contributed by atoms with Gasteiger partial charge in [0.1, 0.15) is 10.8 Å². The molecule has 1 amide bonds. The largest absolute Gasteiger partial charge is 0.343 e. The minimum atomic E-state index is -0.363. The Morgan fingerprint density at radius 3 is 3.04 bits per heavy atom. The molecule has 0 spiro atoms. The molecule has 118 valence electrons. The van der Waals surface area contributed by atoms with Gasteiger partial charge in [0, 0.05) is 17.1 Å². The molecule has 5 nitrogen and oxygen atoms in total. The third-order valence-electron chi connectivity index (χ3n) is 3.46. The minimum Gasteiger partial charge on any atom is -0.343 e. The molecule has 0 bridgehead atoms. The van der Waals surface area contributed by atoms with Crippen molar-refractivity contribution in [3.63, 3.8) is 0 Å². The molecule has 0 aliphatic rings. The number of benzene rings is 1. The van der Waals surface area contributed by atoms with Gasteiger partial charge in [-0.15, -0.1) is 11.3 Å². The fraction of sp³-hybridized carbons (Fsp3) is 0.188. The standard InChI is InChI=1S/C16H15FN4OS/c1-2-13(16-18-6-7-23-16)20-15(22)12-9-19-21-14(12)10-4-3-5-11(17)8-10/h3-9,13H,2H2,1H3,(H,19,21)(H,20,22)/t13-/m0/s1. The van der Waals surface area contributed by atoms with Crippen LogP contribution in [0.25, 0.3) is 11.3 Å². The number of rotatable bonds is 5. The van der Waals surface area contributed by atoms with E-state index in [2.05, 4.69) is 20.5 Å². The van der Waals surface area contributed by atoms with Crippen molar-refractivity contribution in [1.82, 2.24) is 20.5 Å². The van der Waals surface area contributed by atoms with E-state index >= 15 is 0 Å². The molecule has 23 heavy (non-hydrogen) atoms. The second-order valence-corrected chi connectivity index (χ2v) is 5.90. The molecule has 7 heteroatoms. The van der Waals surface area contributed by atoms with E-state index in [9.17, 15) is 9.18 Å². The summed E-state index contributed by atoms with van der Waals surface area (Å²) >= 11 is 1.50. The number of carbonyl (C=O) groups is 1. The van der Waals surface area contributed by atoms with Crippen LogP contribution in [0.5, 0.6) is 0 Å². The number of H-pyrrole nitrogens is 1. The zero-order valence-electron chi connectivity index (χ0n) is 12.4. The number of halogens is 1. The lowest BCUT2D eigenvalue weighted by atomic mass is 10.1. The van der Waals surface area contributed by atoms with Gasteiger partial charge >= 0.3 is 0 Å². The quantitative estimate of drug-likeness (QED) is 0.751. The van der Waals surface area contributed by atoms with Gasteiger partial charge < -0.3 is 5.32 Å². The van der Waals surface area contributed by atoms with E-state index in [1.54, 1.807) is 18.3 Å². The zero-order valence-corrected chi connectivity index (χ0v) is 13.2. The Morgan fingerprint density at radius 2 is 2.35 bits per heavy atom. The molecule has 2 heterocycles. The van der Waals surface area contributed by atoms with Gasteiger partial charge in [-0.2, -0.15) is 5.10 Å². The van der Waals surface area contributed by atoms with Gasteiger partial charge in [0.15, 0.2) is 0 Å². The average molecular weight is 330 g/mol. The number of aromatic nitrogens is 3. The van der Waals surface area contributed by atoms with E-state index in [-0.39, 0.29) is 17.8 Å². The number of carbonyl (C=O) groups excluding carboxylic acids is 1. The monoisotopic (exact) mass is 330 g/mol. The maximum absolute atomic E-state index is 13.4. The maximum atomic E-state index is 13.4. The van der Waals surface area contributed by atoms with Crippen molar-refractivity contribution in [3.8, 4) is 11.3 Å². The number of thiazole rings is 1. The minimum absolute atomic E-state index is 0.155. The topological polar surface area (TPSA) is 70.7 Å². The number of nitrogens with one attached hydrogen (secondary N) is 2. The summed E-state index contributed by atoms with van der Waals surface area (Å²) in [5, 5.41) is 12.4. The molecule has 0 saturated carbocycles. The van der Waals surface area contributed by atoms with Gasteiger partial charge in [-0.25, -0.2) is 9.37 Å². The number of nitrogens with zero attached hydrogens (tertiary/aromatic N) is 2. The van der Waals surface area contributed by atoms with Gasteiger partial charge in [0.25, 0.3) is 5.91 Å². The fourth-order valence-corrected chi connectivity index (χ4v) is 3.08. The average Bonchev–Trinajstić information content (AvgIpc) is 3.23. The summed E-state index contributed by atoms with van der Waals surface area (Å²) in [5.74, 6) is -0.627. The van der Waals surface area contributed by atoms with Crippen LogP contribution in [0.15, 0.2) is 42.0 Å². The van der Waals surface area contributed by atoms with Crippen LogP contribution < -0.4 is 5.32 Å². The van der Waals surface area contributed by atoms with Crippen LogP contribution in [0.4, 0.5) is 4.39 Å². The first kappa shape index (κ1) is 15.4. The molecule has 2 N–H and O–H groups in total. The van der Waals surface area contributed by atoms with Gasteiger partial charge in [0.05, 0.1) is 23.5 Å². The van der Waals surface area contributed by atoms with Crippen molar-refractivity contribution in [1.29, 1.82) is 0 Å². The number of hydrogen-bond acceptors (Lipinski definition) is 4. The molecule has 1 atom stereocenters. The van der Waals surface area contributed by atoms with Crippen molar-refractivity contribution in [2.75, 3.05) is 0 Å². The molecule has 1 aromatic carbocycles. The highest BCUT2D eigenvalue weighted by Crippen LogP contribution is 2.24. The van der Waals surface area contributed by atoms with E-state index in [1.807, 2.05) is 12.3 Å². The Bertz CT molecular complexity index is 800. The summed E-state index contributed by atoms with van der Waals surface area (Å²) in [4.78, 5) is 16.8. The highest BCUT2D eigenvalue weighted by atomic mass is 32.1. The summed E-state index contributed by atoms with van der Waals surface area (Å²) in [6, 6.07) is 5.89. The third kappa shape index (κ3) is 3.29. The number of aromatic amines is 1.